The van der Waals surface area contributed by atoms with E-state index in [4.69, 9.17) is 9.47 Å². The highest BCUT2D eigenvalue weighted by molar-refractivity contribution is 7.89. The fourth-order valence-electron chi connectivity index (χ4n) is 3.77. The van der Waals surface area contributed by atoms with Crippen LogP contribution in [-0.2, 0) is 10.0 Å². The van der Waals surface area contributed by atoms with Crippen molar-refractivity contribution in [3.8, 4) is 11.5 Å². The Hall–Kier alpha value is -2.45. The van der Waals surface area contributed by atoms with Crippen LogP contribution < -0.4 is 9.47 Å². The predicted octanol–water partition coefficient (Wildman–Crippen LogP) is 3.02. The number of Topliss-reactive ketones (excluding diaryl/α,β-unsaturated/α-hetero) is 1. The van der Waals surface area contributed by atoms with E-state index in [9.17, 15) is 17.6 Å². The zero-order valence-corrected chi connectivity index (χ0v) is 16.2. The molecule has 2 heterocycles. The van der Waals surface area contributed by atoms with Gasteiger partial charge in [-0.05, 0) is 42.5 Å². The van der Waals surface area contributed by atoms with E-state index in [0.717, 1.165) is 12.1 Å². The lowest BCUT2D eigenvalue weighted by atomic mass is 9.83. The normalized spacial score (nSPS) is 19.1. The highest BCUT2D eigenvalue weighted by atomic mass is 32.2. The van der Waals surface area contributed by atoms with Crippen LogP contribution in [0.5, 0.6) is 11.5 Å². The summed E-state index contributed by atoms with van der Waals surface area (Å²) in [4.78, 5) is 12.7. The Labute approximate surface area is 162 Å². The predicted molar refractivity (Wildman–Crippen MR) is 99.7 cm³/mol. The molecule has 0 radical (unpaired) electrons. The van der Waals surface area contributed by atoms with E-state index in [1.807, 2.05) is 0 Å². The number of rotatable bonds is 3. The molecule has 0 atom stereocenters. The molecule has 8 heteroatoms. The van der Waals surface area contributed by atoms with Crippen LogP contribution in [0.4, 0.5) is 4.39 Å². The molecule has 0 unspecified atom stereocenters. The molecule has 0 aromatic heterocycles. The van der Waals surface area contributed by atoms with Gasteiger partial charge in [0.2, 0.25) is 10.0 Å². The lowest BCUT2D eigenvalue weighted by Gasteiger charge is -2.43. The number of halogens is 1. The van der Waals surface area contributed by atoms with Gasteiger partial charge in [0.25, 0.3) is 0 Å². The average Bonchev–Trinajstić information content (AvgIpc) is 2.68. The zero-order valence-electron chi connectivity index (χ0n) is 15.4. The number of ketones is 1. The molecule has 1 saturated heterocycles. The lowest BCUT2D eigenvalue weighted by Crippen LogP contribution is -2.52. The number of ether oxygens (including phenoxy) is 2. The van der Waals surface area contributed by atoms with Crippen molar-refractivity contribution >= 4 is 15.8 Å². The molecule has 2 aromatic carbocycles. The highest BCUT2D eigenvalue weighted by Crippen LogP contribution is 2.41. The molecule has 0 aliphatic carbocycles. The number of hydrogen-bond donors (Lipinski definition) is 0. The second-order valence-corrected chi connectivity index (χ2v) is 9.04. The molecule has 1 fully saturated rings. The molecule has 0 bridgehead atoms. The summed E-state index contributed by atoms with van der Waals surface area (Å²) in [6.45, 7) is 0.469. The van der Waals surface area contributed by atoms with Crippen LogP contribution >= 0.6 is 0 Å². The number of methoxy groups -OCH3 is 1. The third-order valence-corrected chi connectivity index (χ3v) is 7.29. The van der Waals surface area contributed by atoms with E-state index in [1.54, 1.807) is 18.2 Å². The molecule has 4 rings (SSSR count). The molecule has 2 aliphatic rings. The van der Waals surface area contributed by atoms with Crippen molar-refractivity contribution in [3.63, 3.8) is 0 Å². The van der Waals surface area contributed by atoms with Crippen molar-refractivity contribution in [2.24, 2.45) is 0 Å². The maximum Gasteiger partial charge on any atom is 0.243 e. The van der Waals surface area contributed by atoms with Gasteiger partial charge in [0.1, 0.15) is 22.9 Å². The summed E-state index contributed by atoms with van der Waals surface area (Å²) < 4.78 is 51.4. The fourth-order valence-corrected chi connectivity index (χ4v) is 5.21. The molecule has 2 aromatic rings. The lowest BCUT2D eigenvalue weighted by molar-refractivity contribution is 0.00584. The Bertz CT molecular complexity index is 1010. The summed E-state index contributed by atoms with van der Waals surface area (Å²) in [5.74, 6) is 0.578. The molecule has 0 N–H and O–H groups in total. The molecule has 28 heavy (non-hydrogen) atoms. The molecule has 1 spiro atoms. The van der Waals surface area contributed by atoms with Crippen LogP contribution in [0.25, 0.3) is 0 Å². The third-order valence-electron chi connectivity index (χ3n) is 5.38. The Kier molecular flexibility index (Phi) is 4.63. The molecule has 2 aliphatic heterocycles. The Morgan fingerprint density at radius 2 is 1.79 bits per heavy atom. The minimum Gasteiger partial charge on any atom is -0.497 e. The van der Waals surface area contributed by atoms with Gasteiger partial charge in [-0.2, -0.15) is 4.31 Å². The van der Waals surface area contributed by atoms with Crippen molar-refractivity contribution in [2.75, 3.05) is 20.2 Å². The second kappa shape index (κ2) is 6.86. The van der Waals surface area contributed by atoms with Crippen molar-refractivity contribution in [3.05, 3.63) is 53.8 Å². The van der Waals surface area contributed by atoms with Gasteiger partial charge < -0.3 is 9.47 Å². The summed E-state index contributed by atoms with van der Waals surface area (Å²) in [7, 11) is -2.17. The second-order valence-electron chi connectivity index (χ2n) is 7.11. The minimum atomic E-state index is -3.71. The van der Waals surface area contributed by atoms with E-state index in [0.29, 0.717) is 29.9 Å². The largest absolute Gasteiger partial charge is 0.497 e. The van der Waals surface area contributed by atoms with Gasteiger partial charge in [-0.1, -0.05) is 0 Å². The summed E-state index contributed by atoms with van der Waals surface area (Å²) in [5.41, 5.74) is -0.209. The zero-order chi connectivity index (χ0) is 19.9. The number of carbonyl (C=O) groups excluding carboxylic acids is 1. The summed E-state index contributed by atoms with van der Waals surface area (Å²) in [5, 5.41) is 0. The Morgan fingerprint density at radius 1 is 1.11 bits per heavy atom. The first-order chi connectivity index (χ1) is 13.3. The number of carbonyl (C=O) groups is 1. The smallest absolute Gasteiger partial charge is 0.243 e. The molecular weight excluding hydrogens is 385 g/mol. The number of piperidine rings is 1. The SMILES string of the molecule is COc1ccc2c(c1)C(=O)CC1(CCN(S(=O)(=O)c3ccc(F)cc3)CC1)O2. The maximum absolute atomic E-state index is 13.1. The first kappa shape index (κ1) is 18.9. The third kappa shape index (κ3) is 3.27. The van der Waals surface area contributed by atoms with Crippen LogP contribution in [0.3, 0.4) is 0 Å². The van der Waals surface area contributed by atoms with E-state index in [2.05, 4.69) is 0 Å². The van der Waals surface area contributed by atoms with E-state index in [-0.39, 0.29) is 30.2 Å². The van der Waals surface area contributed by atoms with Crippen LogP contribution in [0.15, 0.2) is 47.4 Å². The van der Waals surface area contributed by atoms with Crippen molar-refractivity contribution in [1.29, 1.82) is 0 Å². The van der Waals surface area contributed by atoms with Gasteiger partial charge in [0, 0.05) is 25.9 Å². The summed E-state index contributed by atoms with van der Waals surface area (Å²) in [6, 6.07) is 9.91. The van der Waals surface area contributed by atoms with Gasteiger partial charge in [-0.25, -0.2) is 12.8 Å². The number of nitrogens with zero attached hydrogens (tertiary/aromatic N) is 1. The molecular formula is C20H20FNO5S. The minimum absolute atomic E-state index is 0.0324. The first-order valence-electron chi connectivity index (χ1n) is 8.99. The number of hydrogen-bond acceptors (Lipinski definition) is 5. The summed E-state index contributed by atoms with van der Waals surface area (Å²) >= 11 is 0. The van der Waals surface area contributed by atoms with E-state index < -0.39 is 21.4 Å². The topological polar surface area (TPSA) is 72.9 Å². The highest BCUT2D eigenvalue weighted by Gasteiger charge is 2.45. The van der Waals surface area contributed by atoms with Crippen LogP contribution in [0, 0.1) is 5.82 Å². The van der Waals surface area contributed by atoms with Crippen molar-refractivity contribution in [1.82, 2.24) is 4.31 Å². The van der Waals surface area contributed by atoms with Gasteiger partial charge >= 0.3 is 0 Å². The van der Waals surface area contributed by atoms with Crippen LogP contribution in [0.1, 0.15) is 29.6 Å². The number of benzene rings is 2. The standard InChI is InChI=1S/C20H20FNO5S/c1-26-15-4-7-19-17(12-15)18(23)13-20(27-19)8-10-22(11-9-20)28(24,25)16-5-2-14(21)3-6-16/h2-7,12H,8-11,13H2,1H3. The Morgan fingerprint density at radius 3 is 2.43 bits per heavy atom. The molecule has 0 saturated carbocycles. The molecule has 148 valence electrons. The van der Waals surface area contributed by atoms with Crippen LogP contribution in [0.2, 0.25) is 0 Å². The van der Waals surface area contributed by atoms with E-state index >= 15 is 0 Å². The first-order valence-corrected chi connectivity index (χ1v) is 10.4. The summed E-state index contributed by atoms with van der Waals surface area (Å²) in [6.07, 6.45) is 1.02. The van der Waals surface area contributed by atoms with Gasteiger partial charge in [-0.3, -0.25) is 4.79 Å². The molecule has 6 nitrogen and oxygen atoms in total. The average molecular weight is 405 g/mol. The number of sulfonamides is 1. The van der Waals surface area contributed by atoms with Gasteiger partial charge in [0.05, 0.1) is 24.0 Å². The Balaban J connectivity index is 1.52. The number of fused-ring (bicyclic) bond motifs is 1. The maximum atomic E-state index is 13.1. The van der Waals surface area contributed by atoms with Crippen LogP contribution in [-0.4, -0.2) is 44.3 Å². The molecule has 0 amide bonds. The van der Waals surface area contributed by atoms with Gasteiger partial charge in [0.15, 0.2) is 5.78 Å². The quantitative estimate of drug-likeness (QED) is 0.785. The van der Waals surface area contributed by atoms with Gasteiger partial charge in [-0.15, -0.1) is 0 Å². The van der Waals surface area contributed by atoms with Crippen molar-refractivity contribution in [2.45, 2.75) is 29.8 Å². The fraction of sp³-hybridized carbons (Fsp3) is 0.350. The van der Waals surface area contributed by atoms with E-state index in [1.165, 1.54) is 23.5 Å². The monoisotopic (exact) mass is 405 g/mol. The van der Waals surface area contributed by atoms with Crippen molar-refractivity contribution < 1.29 is 27.1 Å².